The highest BCUT2D eigenvalue weighted by molar-refractivity contribution is 6.34. The quantitative estimate of drug-likeness (QED) is 0.398. The third kappa shape index (κ3) is 4.87. The molecule has 0 radical (unpaired) electrons. The number of aromatic nitrogens is 2. The monoisotopic (exact) mass is 410 g/mol. The van der Waals surface area contributed by atoms with Crippen molar-refractivity contribution in [1.29, 1.82) is 0 Å². The molecule has 0 aliphatic heterocycles. The number of ether oxygens (including phenoxy) is 2. The van der Waals surface area contributed by atoms with Crippen molar-refractivity contribution < 1.29 is 14.3 Å². The topological polar surface area (TPSA) is 53.3 Å². The number of aryl methyl sites for hydroxylation is 2. The minimum atomic E-state index is -0.250. The van der Waals surface area contributed by atoms with Crippen LogP contribution in [0.4, 0.5) is 0 Å². The summed E-state index contributed by atoms with van der Waals surface area (Å²) in [5.41, 5.74) is 4.26. The van der Waals surface area contributed by atoms with Crippen LogP contribution in [0.2, 0.25) is 5.02 Å². The molecule has 0 unspecified atom stereocenters. The molecule has 0 saturated carbocycles. The van der Waals surface area contributed by atoms with Gasteiger partial charge in [-0.1, -0.05) is 35.9 Å². The van der Waals surface area contributed by atoms with Crippen LogP contribution in [0.5, 0.6) is 11.5 Å². The normalized spacial score (nSPS) is 11.1. The number of nitrogens with zero attached hydrogens (tertiary/aromatic N) is 2. The Kier molecular flexibility index (Phi) is 6.39. The lowest BCUT2D eigenvalue weighted by atomic mass is 10.1. The zero-order chi connectivity index (χ0) is 21.0. The molecule has 0 N–H and O–H groups in total. The van der Waals surface area contributed by atoms with Gasteiger partial charge in [-0.25, -0.2) is 0 Å². The molecule has 29 heavy (non-hydrogen) atoms. The zero-order valence-corrected chi connectivity index (χ0v) is 17.7. The van der Waals surface area contributed by atoms with Crippen LogP contribution in [0, 0.1) is 13.8 Å². The van der Waals surface area contributed by atoms with Crippen molar-refractivity contribution in [2.75, 3.05) is 7.11 Å². The van der Waals surface area contributed by atoms with Gasteiger partial charge in [-0.3, -0.25) is 9.48 Å². The van der Waals surface area contributed by atoms with Crippen molar-refractivity contribution >= 4 is 23.5 Å². The van der Waals surface area contributed by atoms with Gasteiger partial charge in [0.1, 0.15) is 18.1 Å². The number of rotatable bonds is 7. The van der Waals surface area contributed by atoms with E-state index in [-0.39, 0.29) is 11.5 Å². The van der Waals surface area contributed by atoms with Crippen molar-refractivity contribution in [2.45, 2.75) is 20.5 Å². The van der Waals surface area contributed by atoms with Gasteiger partial charge in [0.25, 0.3) is 0 Å². The lowest BCUT2D eigenvalue weighted by molar-refractivity contribution is 0.104. The molecule has 5 nitrogen and oxygen atoms in total. The largest absolute Gasteiger partial charge is 0.496 e. The summed E-state index contributed by atoms with van der Waals surface area (Å²) in [6.45, 7) is 4.45. The molecular formula is C23H23ClN2O3. The Morgan fingerprint density at radius 2 is 2.00 bits per heavy atom. The Labute approximate surface area is 175 Å². The summed E-state index contributed by atoms with van der Waals surface area (Å²) in [4.78, 5) is 12.3. The second-order valence-corrected chi connectivity index (χ2v) is 7.16. The van der Waals surface area contributed by atoms with E-state index < -0.39 is 0 Å². The molecule has 0 aliphatic rings. The number of allylic oxidation sites excluding steroid dienone is 1. The summed E-state index contributed by atoms with van der Waals surface area (Å²) >= 11 is 6.04. The van der Waals surface area contributed by atoms with Crippen molar-refractivity contribution in [3.63, 3.8) is 0 Å². The summed E-state index contributed by atoms with van der Waals surface area (Å²) < 4.78 is 13.0. The van der Waals surface area contributed by atoms with Crippen LogP contribution in [0.1, 0.15) is 32.7 Å². The van der Waals surface area contributed by atoms with E-state index in [0.29, 0.717) is 11.6 Å². The number of hydrogen-bond acceptors (Lipinski definition) is 4. The van der Waals surface area contributed by atoms with E-state index in [1.807, 2.05) is 37.3 Å². The molecule has 0 amide bonds. The van der Waals surface area contributed by atoms with Crippen LogP contribution in [0.3, 0.4) is 0 Å². The Hall–Kier alpha value is -3.05. The second-order valence-electron chi connectivity index (χ2n) is 6.75. The first-order valence-corrected chi connectivity index (χ1v) is 9.54. The molecule has 0 bridgehead atoms. The Morgan fingerprint density at radius 3 is 2.69 bits per heavy atom. The number of carbonyl (C=O) groups is 1. The summed E-state index contributed by atoms with van der Waals surface area (Å²) in [6, 6.07) is 11.7. The predicted octanol–water partition coefficient (Wildman–Crippen LogP) is 5.17. The third-order valence-corrected chi connectivity index (χ3v) is 4.96. The Morgan fingerprint density at radius 1 is 1.21 bits per heavy atom. The minimum Gasteiger partial charge on any atom is -0.496 e. The fraction of sp³-hybridized carbons (Fsp3) is 0.217. The molecule has 0 fully saturated rings. The smallest absolute Gasteiger partial charge is 0.207 e. The molecule has 6 heteroatoms. The summed E-state index contributed by atoms with van der Waals surface area (Å²) in [5, 5.41) is 4.42. The maximum absolute atomic E-state index is 12.3. The zero-order valence-electron chi connectivity index (χ0n) is 16.9. The van der Waals surface area contributed by atoms with E-state index >= 15 is 0 Å². The maximum atomic E-state index is 12.3. The molecule has 2 aromatic carbocycles. The van der Waals surface area contributed by atoms with Gasteiger partial charge in [-0.05, 0) is 54.8 Å². The first-order valence-electron chi connectivity index (χ1n) is 9.16. The molecule has 1 aromatic heterocycles. The van der Waals surface area contributed by atoms with E-state index in [4.69, 9.17) is 21.1 Å². The number of carbonyl (C=O) groups excluding carboxylic acids is 1. The molecule has 3 aromatic rings. The number of halogens is 1. The van der Waals surface area contributed by atoms with Gasteiger partial charge in [0.2, 0.25) is 5.78 Å². The average Bonchev–Trinajstić information content (AvgIpc) is 3.05. The summed E-state index contributed by atoms with van der Waals surface area (Å²) in [5.74, 6) is 1.32. The second kappa shape index (κ2) is 8.97. The van der Waals surface area contributed by atoms with Crippen LogP contribution in [-0.4, -0.2) is 22.7 Å². The lowest BCUT2D eigenvalue weighted by Gasteiger charge is -2.13. The molecule has 3 rings (SSSR count). The van der Waals surface area contributed by atoms with E-state index in [1.165, 1.54) is 16.3 Å². The van der Waals surface area contributed by atoms with Crippen LogP contribution < -0.4 is 9.47 Å². The number of methoxy groups -OCH3 is 1. The van der Waals surface area contributed by atoms with E-state index in [2.05, 4.69) is 18.1 Å². The predicted molar refractivity (Wildman–Crippen MR) is 115 cm³/mol. The van der Waals surface area contributed by atoms with Crippen molar-refractivity contribution in [3.05, 3.63) is 81.6 Å². The highest BCUT2D eigenvalue weighted by Crippen LogP contribution is 2.26. The Balaban J connectivity index is 1.78. The number of benzene rings is 2. The van der Waals surface area contributed by atoms with Gasteiger partial charge in [0.15, 0.2) is 5.69 Å². The summed E-state index contributed by atoms with van der Waals surface area (Å²) in [7, 11) is 3.34. The van der Waals surface area contributed by atoms with Gasteiger partial charge in [0.05, 0.1) is 12.1 Å². The van der Waals surface area contributed by atoms with Gasteiger partial charge < -0.3 is 9.47 Å². The average molecular weight is 411 g/mol. The highest BCUT2D eigenvalue weighted by atomic mass is 35.5. The van der Waals surface area contributed by atoms with Gasteiger partial charge in [0, 0.05) is 18.8 Å². The van der Waals surface area contributed by atoms with Crippen LogP contribution >= 0.6 is 11.6 Å². The van der Waals surface area contributed by atoms with Crippen molar-refractivity contribution in [3.8, 4) is 11.5 Å². The fourth-order valence-electron chi connectivity index (χ4n) is 2.93. The molecule has 1 heterocycles. The number of ketones is 1. The first kappa shape index (κ1) is 20.7. The van der Waals surface area contributed by atoms with Gasteiger partial charge in [-0.15, -0.1) is 0 Å². The SMILES string of the molecule is COc1ccc(/C=C/C(=O)c2nn(C)cc2Cl)cc1COc1cccc(C)c1C. The fourth-order valence-corrected chi connectivity index (χ4v) is 3.20. The van der Waals surface area contributed by atoms with Crippen LogP contribution in [0.25, 0.3) is 6.08 Å². The van der Waals surface area contributed by atoms with E-state index in [1.54, 1.807) is 26.4 Å². The van der Waals surface area contributed by atoms with Crippen molar-refractivity contribution in [2.24, 2.45) is 7.05 Å². The maximum Gasteiger partial charge on any atom is 0.207 e. The minimum absolute atomic E-state index is 0.234. The van der Waals surface area contributed by atoms with Crippen LogP contribution in [-0.2, 0) is 13.7 Å². The van der Waals surface area contributed by atoms with E-state index in [0.717, 1.165) is 28.2 Å². The lowest BCUT2D eigenvalue weighted by Crippen LogP contribution is -2.01. The molecule has 0 spiro atoms. The first-order chi connectivity index (χ1) is 13.9. The molecule has 150 valence electrons. The van der Waals surface area contributed by atoms with E-state index in [9.17, 15) is 4.79 Å². The van der Waals surface area contributed by atoms with Crippen LogP contribution in [0.15, 0.2) is 48.7 Å². The number of hydrogen-bond donors (Lipinski definition) is 0. The Bertz CT molecular complexity index is 1070. The molecule has 0 atom stereocenters. The summed E-state index contributed by atoms with van der Waals surface area (Å²) in [6.07, 6.45) is 4.79. The van der Waals surface area contributed by atoms with Gasteiger partial charge in [-0.2, -0.15) is 5.10 Å². The van der Waals surface area contributed by atoms with Crippen molar-refractivity contribution in [1.82, 2.24) is 9.78 Å². The highest BCUT2D eigenvalue weighted by Gasteiger charge is 2.12. The standard InChI is InChI=1S/C23H23ClN2O3/c1-15-6-5-7-21(16(15)2)29-14-18-12-17(9-11-22(18)28-4)8-10-20(27)23-19(24)13-26(3)25-23/h5-13H,14H2,1-4H3/b10-8+. The molecular weight excluding hydrogens is 388 g/mol. The molecule has 0 aliphatic carbocycles. The van der Waals surface area contributed by atoms with Gasteiger partial charge >= 0.3 is 0 Å². The third-order valence-electron chi connectivity index (χ3n) is 4.69. The molecule has 0 saturated heterocycles.